The van der Waals surface area contributed by atoms with Crippen LogP contribution in [0.25, 0.3) is 0 Å². The van der Waals surface area contributed by atoms with Crippen molar-refractivity contribution in [3.63, 3.8) is 0 Å². The van der Waals surface area contributed by atoms with Crippen LogP contribution in [0.3, 0.4) is 0 Å². The Balaban J connectivity index is 3.35. The summed E-state index contributed by atoms with van der Waals surface area (Å²) in [4.78, 5) is 15.0. The van der Waals surface area contributed by atoms with Gasteiger partial charge in [0, 0.05) is 17.0 Å². The summed E-state index contributed by atoms with van der Waals surface area (Å²) in [6, 6.07) is 0.850. The van der Waals surface area contributed by atoms with Crippen LogP contribution in [-0.2, 0) is 21.3 Å². The van der Waals surface area contributed by atoms with Crippen molar-refractivity contribution < 1.29 is 36.2 Å². The standard InChI is InChI=1S/C12H11BrF5NO3/c1-2-21-9(20)4-7-8(22-12(16,17)18)3-6(5-13)19-10(7)11(14)15/h3,11H,2,4-5H2,1H3. The molecule has 1 aromatic rings. The van der Waals surface area contributed by atoms with Crippen molar-refractivity contribution in [2.24, 2.45) is 0 Å². The molecular formula is C12H11BrF5NO3. The number of pyridine rings is 1. The average Bonchev–Trinajstić information content (AvgIpc) is 2.38. The molecule has 124 valence electrons. The maximum atomic E-state index is 13.0. The maximum absolute atomic E-state index is 13.0. The van der Waals surface area contributed by atoms with Crippen LogP contribution in [0.2, 0.25) is 0 Å². The van der Waals surface area contributed by atoms with Gasteiger partial charge in [0.25, 0.3) is 6.43 Å². The number of nitrogens with zero attached hydrogens (tertiary/aromatic N) is 1. The van der Waals surface area contributed by atoms with Crippen LogP contribution in [0.1, 0.15) is 30.3 Å². The van der Waals surface area contributed by atoms with Gasteiger partial charge < -0.3 is 9.47 Å². The lowest BCUT2D eigenvalue weighted by Crippen LogP contribution is -2.21. The fraction of sp³-hybridized carbons (Fsp3) is 0.500. The lowest BCUT2D eigenvalue weighted by Gasteiger charge is -2.17. The molecule has 10 heteroatoms. The highest BCUT2D eigenvalue weighted by Gasteiger charge is 2.34. The van der Waals surface area contributed by atoms with E-state index in [9.17, 15) is 26.7 Å². The summed E-state index contributed by atoms with van der Waals surface area (Å²) < 4.78 is 71.6. The first-order chi connectivity index (χ1) is 10.2. The zero-order chi connectivity index (χ0) is 16.9. The molecule has 0 unspecified atom stereocenters. The predicted molar refractivity (Wildman–Crippen MR) is 68.8 cm³/mol. The monoisotopic (exact) mass is 391 g/mol. The van der Waals surface area contributed by atoms with Gasteiger partial charge in [-0.2, -0.15) is 0 Å². The molecule has 1 heterocycles. The average molecular weight is 392 g/mol. The number of esters is 1. The second-order valence-corrected chi connectivity index (χ2v) is 4.50. The van der Waals surface area contributed by atoms with Crippen LogP contribution in [-0.4, -0.2) is 23.9 Å². The van der Waals surface area contributed by atoms with Crippen LogP contribution in [0.15, 0.2) is 6.07 Å². The van der Waals surface area contributed by atoms with Crippen LogP contribution < -0.4 is 4.74 Å². The Hall–Kier alpha value is -1.45. The molecule has 0 amide bonds. The molecule has 0 aliphatic rings. The van der Waals surface area contributed by atoms with Gasteiger partial charge in [0.05, 0.1) is 18.7 Å². The number of alkyl halides is 6. The molecule has 0 bridgehead atoms. The Morgan fingerprint density at radius 2 is 2.05 bits per heavy atom. The molecule has 0 aliphatic heterocycles. The molecule has 1 rings (SSSR count). The highest BCUT2D eigenvalue weighted by molar-refractivity contribution is 9.08. The van der Waals surface area contributed by atoms with Gasteiger partial charge in [0.1, 0.15) is 11.4 Å². The van der Waals surface area contributed by atoms with Crippen molar-refractivity contribution in [3.05, 3.63) is 23.0 Å². The summed E-state index contributed by atoms with van der Waals surface area (Å²) in [6.45, 7) is 1.44. The highest BCUT2D eigenvalue weighted by Crippen LogP contribution is 2.34. The van der Waals surface area contributed by atoms with E-state index in [1.54, 1.807) is 0 Å². The number of rotatable bonds is 6. The normalized spacial score (nSPS) is 11.6. The van der Waals surface area contributed by atoms with Crippen LogP contribution in [0, 0.1) is 0 Å². The van der Waals surface area contributed by atoms with E-state index in [1.165, 1.54) is 6.92 Å². The molecule has 0 radical (unpaired) electrons. The molecule has 0 saturated heterocycles. The van der Waals surface area contributed by atoms with E-state index >= 15 is 0 Å². The number of ether oxygens (including phenoxy) is 2. The summed E-state index contributed by atoms with van der Waals surface area (Å²) in [5.41, 5.74) is -1.66. The smallest absolute Gasteiger partial charge is 0.466 e. The Labute approximate surface area is 130 Å². The minimum atomic E-state index is -5.09. The molecule has 0 N–H and O–H groups in total. The quantitative estimate of drug-likeness (QED) is 0.419. The maximum Gasteiger partial charge on any atom is 0.573 e. The summed E-state index contributed by atoms with van der Waals surface area (Å²) in [5, 5.41) is -0.0549. The van der Waals surface area contributed by atoms with E-state index in [0.29, 0.717) is 0 Å². The molecule has 0 atom stereocenters. The second-order valence-electron chi connectivity index (χ2n) is 3.94. The molecule has 0 spiro atoms. The van der Waals surface area contributed by atoms with Gasteiger partial charge in [0.15, 0.2) is 0 Å². The lowest BCUT2D eigenvalue weighted by molar-refractivity contribution is -0.275. The zero-order valence-corrected chi connectivity index (χ0v) is 12.8. The Bertz CT molecular complexity index is 536. The summed E-state index contributed by atoms with van der Waals surface area (Å²) in [6.07, 6.45) is -9.05. The number of carbonyl (C=O) groups excluding carboxylic acids is 1. The van der Waals surface area contributed by atoms with Crippen LogP contribution in [0.5, 0.6) is 5.75 Å². The Morgan fingerprint density at radius 1 is 1.41 bits per heavy atom. The van der Waals surface area contributed by atoms with Crippen molar-refractivity contribution in [1.29, 1.82) is 0 Å². The summed E-state index contributed by atoms with van der Waals surface area (Å²) >= 11 is 2.92. The molecular weight excluding hydrogens is 381 g/mol. The van der Waals surface area contributed by atoms with Crippen molar-refractivity contribution in [3.8, 4) is 5.75 Å². The predicted octanol–water partition coefficient (Wildman–Crippen LogP) is 3.92. The van der Waals surface area contributed by atoms with Gasteiger partial charge in [0.2, 0.25) is 0 Å². The van der Waals surface area contributed by atoms with Gasteiger partial charge in [-0.15, -0.1) is 13.2 Å². The van der Waals surface area contributed by atoms with Crippen LogP contribution in [0.4, 0.5) is 22.0 Å². The molecule has 22 heavy (non-hydrogen) atoms. The SMILES string of the molecule is CCOC(=O)Cc1c(OC(F)(F)F)cc(CBr)nc1C(F)F. The fourth-order valence-corrected chi connectivity index (χ4v) is 1.91. The zero-order valence-electron chi connectivity index (χ0n) is 11.2. The first-order valence-corrected chi connectivity index (χ1v) is 7.08. The Morgan fingerprint density at radius 3 is 2.50 bits per heavy atom. The van der Waals surface area contributed by atoms with Crippen molar-refractivity contribution in [2.45, 2.75) is 31.5 Å². The van der Waals surface area contributed by atoms with E-state index in [4.69, 9.17) is 0 Å². The van der Waals surface area contributed by atoms with E-state index < -0.39 is 42.2 Å². The molecule has 4 nitrogen and oxygen atoms in total. The Kier molecular flexibility index (Phi) is 6.51. The number of hydrogen-bond donors (Lipinski definition) is 0. The summed E-state index contributed by atoms with van der Waals surface area (Å²) in [7, 11) is 0. The van der Waals surface area contributed by atoms with E-state index in [-0.39, 0.29) is 17.6 Å². The second kappa shape index (κ2) is 7.70. The van der Waals surface area contributed by atoms with E-state index in [0.717, 1.165) is 6.07 Å². The largest absolute Gasteiger partial charge is 0.573 e. The molecule has 0 fully saturated rings. The third-order valence-corrected chi connectivity index (χ3v) is 2.94. The molecule has 0 saturated carbocycles. The topological polar surface area (TPSA) is 48.4 Å². The van der Waals surface area contributed by atoms with E-state index in [1.807, 2.05) is 0 Å². The molecule has 0 aromatic carbocycles. The fourth-order valence-electron chi connectivity index (χ4n) is 1.62. The minimum absolute atomic E-state index is 0.0365. The third-order valence-electron chi connectivity index (χ3n) is 2.36. The lowest BCUT2D eigenvalue weighted by atomic mass is 10.1. The molecule has 1 aromatic heterocycles. The van der Waals surface area contributed by atoms with Crippen molar-refractivity contribution in [2.75, 3.05) is 6.61 Å². The van der Waals surface area contributed by atoms with Gasteiger partial charge in [-0.1, -0.05) is 15.9 Å². The van der Waals surface area contributed by atoms with Crippen molar-refractivity contribution in [1.82, 2.24) is 4.98 Å². The minimum Gasteiger partial charge on any atom is -0.466 e. The third kappa shape index (κ3) is 5.39. The summed E-state index contributed by atoms with van der Waals surface area (Å²) in [5.74, 6) is -1.84. The number of halogens is 6. The first-order valence-electron chi connectivity index (χ1n) is 5.96. The van der Waals surface area contributed by atoms with Gasteiger partial charge in [-0.3, -0.25) is 9.78 Å². The number of hydrogen-bond acceptors (Lipinski definition) is 4. The van der Waals surface area contributed by atoms with Crippen molar-refractivity contribution >= 4 is 21.9 Å². The van der Waals surface area contributed by atoms with Gasteiger partial charge in [-0.05, 0) is 6.92 Å². The van der Waals surface area contributed by atoms with E-state index in [2.05, 4.69) is 30.4 Å². The highest BCUT2D eigenvalue weighted by atomic mass is 79.9. The first kappa shape index (κ1) is 18.6. The van der Waals surface area contributed by atoms with Gasteiger partial charge >= 0.3 is 12.3 Å². The van der Waals surface area contributed by atoms with Gasteiger partial charge in [-0.25, -0.2) is 8.78 Å². The number of carbonyl (C=O) groups is 1. The number of aromatic nitrogens is 1. The van der Waals surface area contributed by atoms with Crippen LogP contribution >= 0.6 is 15.9 Å². The molecule has 0 aliphatic carbocycles.